The van der Waals surface area contributed by atoms with Gasteiger partial charge in [0.1, 0.15) is 0 Å². The number of allylic oxidation sites excluding steroid dienone is 4. The van der Waals surface area contributed by atoms with Gasteiger partial charge in [-0.25, -0.2) is 11.1 Å². The number of rotatable bonds is 1. The van der Waals surface area contributed by atoms with E-state index < -0.39 is 0 Å². The van der Waals surface area contributed by atoms with Gasteiger partial charge in [0.15, 0.2) is 0 Å². The molecule has 0 amide bonds. The Morgan fingerprint density at radius 3 is 2.41 bits per heavy atom. The summed E-state index contributed by atoms with van der Waals surface area (Å²) in [5, 5.41) is 0. The summed E-state index contributed by atoms with van der Waals surface area (Å²) in [6.45, 7) is 8.12. The monoisotopic (exact) mass is 364 g/mol. The molecule has 1 aliphatic rings. The molecule has 1 aliphatic carbocycles. The molecule has 1 heteroatoms. The van der Waals surface area contributed by atoms with Crippen molar-refractivity contribution in [2.75, 3.05) is 0 Å². The van der Waals surface area contributed by atoms with Gasteiger partial charge in [0.25, 0.3) is 0 Å². The van der Waals surface area contributed by atoms with Crippen molar-refractivity contribution in [1.82, 2.24) is 0 Å². The maximum Gasteiger partial charge on any atom is 2.00 e. The van der Waals surface area contributed by atoms with Crippen LogP contribution in [0.2, 0.25) is 0 Å². The van der Waals surface area contributed by atoms with Crippen LogP contribution in [0, 0.1) is 12.1 Å². The molecule has 110 valence electrons. The van der Waals surface area contributed by atoms with Gasteiger partial charge in [-0.2, -0.15) is 35.9 Å². The van der Waals surface area contributed by atoms with Crippen LogP contribution in [0.25, 0.3) is 11.1 Å². The van der Waals surface area contributed by atoms with Gasteiger partial charge in [-0.1, -0.05) is 49.2 Å². The Labute approximate surface area is 154 Å². The fourth-order valence-corrected chi connectivity index (χ4v) is 2.41. The quantitative estimate of drug-likeness (QED) is 0.379. The molecule has 2 aromatic carbocycles. The van der Waals surface area contributed by atoms with Crippen LogP contribution in [0.4, 0.5) is 0 Å². The molecule has 22 heavy (non-hydrogen) atoms. The Balaban J connectivity index is 0.000000238. The summed E-state index contributed by atoms with van der Waals surface area (Å²) in [5.41, 5.74) is 8.07. The van der Waals surface area contributed by atoms with Crippen molar-refractivity contribution in [2.45, 2.75) is 34.1 Å². The van der Waals surface area contributed by atoms with Gasteiger partial charge in [-0.15, -0.1) is 19.4 Å². The molecule has 0 N–H and O–H groups in total. The van der Waals surface area contributed by atoms with E-state index in [1.54, 1.807) is 0 Å². The Morgan fingerprint density at radius 1 is 1.09 bits per heavy atom. The van der Waals surface area contributed by atoms with Gasteiger partial charge in [-0.05, 0) is 6.42 Å². The average molecular weight is 366 g/mol. The fraction of sp³-hybridized carbons (Fsp3) is 0.238. The van der Waals surface area contributed by atoms with Crippen LogP contribution >= 0.6 is 0 Å². The van der Waals surface area contributed by atoms with Gasteiger partial charge in [0.05, 0.1) is 0 Å². The van der Waals surface area contributed by atoms with Crippen molar-refractivity contribution in [2.24, 2.45) is 0 Å². The Morgan fingerprint density at radius 2 is 1.77 bits per heavy atom. The first-order valence-electron chi connectivity index (χ1n) is 7.39. The molecule has 0 radical (unpaired) electrons. The molecule has 0 heterocycles. The van der Waals surface area contributed by atoms with E-state index >= 15 is 0 Å². The van der Waals surface area contributed by atoms with Crippen molar-refractivity contribution in [3.8, 4) is 11.1 Å². The van der Waals surface area contributed by atoms with Crippen molar-refractivity contribution in [1.29, 1.82) is 0 Å². The zero-order chi connectivity index (χ0) is 15.2. The molecule has 0 fully saturated rings. The molecule has 0 saturated heterocycles. The summed E-state index contributed by atoms with van der Waals surface area (Å²) in [7, 11) is 0. The molecule has 2 aromatic rings. The van der Waals surface area contributed by atoms with Crippen molar-refractivity contribution in [3.05, 3.63) is 83.0 Å². The topological polar surface area (TPSA) is 0 Å². The van der Waals surface area contributed by atoms with E-state index in [2.05, 4.69) is 68.5 Å². The second-order valence-electron chi connectivity index (χ2n) is 5.24. The molecule has 0 unspecified atom stereocenters. The smallest absolute Gasteiger partial charge is 0.275 e. The molecule has 0 aromatic heterocycles. The second-order valence-corrected chi connectivity index (χ2v) is 5.24. The summed E-state index contributed by atoms with van der Waals surface area (Å²) in [6, 6.07) is 18.1. The predicted molar refractivity (Wildman–Crippen MR) is 91.1 cm³/mol. The molecule has 0 spiro atoms. The van der Waals surface area contributed by atoms with Crippen LogP contribution in [0.5, 0.6) is 0 Å². The van der Waals surface area contributed by atoms with Gasteiger partial charge < -0.3 is 0 Å². The third kappa shape index (κ3) is 4.40. The minimum atomic E-state index is 0. The van der Waals surface area contributed by atoms with Gasteiger partial charge >= 0.3 is 26.2 Å². The van der Waals surface area contributed by atoms with Gasteiger partial charge in [-0.3, -0.25) is 6.08 Å². The first-order chi connectivity index (χ1) is 10.2. The number of fused-ring (bicyclic) bond motifs is 3. The van der Waals surface area contributed by atoms with Crippen LogP contribution < -0.4 is 0 Å². The maximum atomic E-state index is 3.30. The standard InChI is InChI=1S/C13H9.C8H13.Zr/c1-3-7-12-10(5-1)9-11-6-2-4-8-13(11)12;1-5-7(3)8(4)6-2;/h1-5,7-8H,9H2;5H,1-4H3;/q2*-1;+2. The summed E-state index contributed by atoms with van der Waals surface area (Å²) in [4.78, 5) is 0. The van der Waals surface area contributed by atoms with Crippen LogP contribution in [-0.4, -0.2) is 0 Å². The van der Waals surface area contributed by atoms with Gasteiger partial charge in [0.2, 0.25) is 0 Å². The van der Waals surface area contributed by atoms with E-state index in [0.29, 0.717) is 0 Å². The molecule has 0 atom stereocenters. The SMILES string of the molecule is C[C-]=C(C)C(C)=CC.[Zr+2].[c-]1cccc2c1Cc1ccccc1-2. The average Bonchev–Trinajstić information content (AvgIpc) is 2.92. The Bertz CT molecular complexity index is 618. The third-order valence-corrected chi connectivity index (χ3v) is 4.02. The zero-order valence-corrected chi connectivity index (χ0v) is 16.3. The molecular weight excluding hydrogens is 343 g/mol. The van der Waals surface area contributed by atoms with Crippen molar-refractivity contribution >= 4 is 0 Å². The first kappa shape index (κ1) is 18.9. The molecular formula is C21H22Zr. The van der Waals surface area contributed by atoms with Crippen molar-refractivity contribution in [3.63, 3.8) is 0 Å². The van der Waals surface area contributed by atoms with E-state index in [1.807, 2.05) is 19.9 Å². The normalized spacial score (nSPS) is 12.5. The second kappa shape index (κ2) is 9.06. The molecule has 0 nitrogen and oxygen atoms in total. The molecule has 3 rings (SSSR count). The molecule has 0 bridgehead atoms. The third-order valence-electron chi connectivity index (χ3n) is 4.02. The minimum absolute atomic E-state index is 0. The summed E-state index contributed by atoms with van der Waals surface area (Å²) in [5.74, 6) is 0. The van der Waals surface area contributed by atoms with E-state index in [9.17, 15) is 0 Å². The van der Waals surface area contributed by atoms with Gasteiger partial charge in [0, 0.05) is 0 Å². The minimum Gasteiger partial charge on any atom is -0.275 e. The summed E-state index contributed by atoms with van der Waals surface area (Å²) in [6.07, 6.45) is 6.20. The van der Waals surface area contributed by atoms with E-state index in [1.165, 1.54) is 33.4 Å². The van der Waals surface area contributed by atoms with Crippen molar-refractivity contribution < 1.29 is 26.2 Å². The summed E-state index contributed by atoms with van der Waals surface area (Å²) >= 11 is 0. The first-order valence-corrected chi connectivity index (χ1v) is 7.39. The zero-order valence-electron chi connectivity index (χ0n) is 13.8. The number of hydrogen-bond donors (Lipinski definition) is 0. The van der Waals surface area contributed by atoms with E-state index in [0.717, 1.165) is 6.42 Å². The maximum absolute atomic E-state index is 3.30. The van der Waals surface area contributed by atoms with Crippen LogP contribution in [0.15, 0.2) is 59.7 Å². The Kier molecular flexibility index (Phi) is 7.76. The molecule has 0 saturated carbocycles. The Hall–Kier alpha value is -1.20. The van der Waals surface area contributed by atoms with Crippen LogP contribution in [-0.2, 0) is 32.6 Å². The van der Waals surface area contributed by atoms with E-state index in [-0.39, 0.29) is 26.2 Å². The van der Waals surface area contributed by atoms with Crippen LogP contribution in [0.1, 0.15) is 38.8 Å². The number of benzene rings is 2. The molecule has 0 aliphatic heterocycles. The fourth-order valence-electron chi connectivity index (χ4n) is 2.41. The van der Waals surface area contributed by atoms with E-state index in [4.69, 9.17) is 0 Å². The number of hydrogen-bond acceptors (Lipinski definition) is 0. The van der Waals surface area contributed by atoms with Crippen LogP contribution in [0.3, 0.4) is 0 Å². The summed E-state index contributed by atoms with van der Waals surface area (Å²) < 4.78 is 0. The largest absolute Gasteiger partial charge is 2.00 e. The predicted octanol–water partition coefficient (Wildman–Crippen LogP) is 5.78.